The number of benzene rings is 1. The van der Waals surface area contributed by atoms with Gasteiger partial charge >= 0.3 is 0 Å². The van der Waals surface area contributed by atoms with Crippen molar-refractivity contribution in [1.29, 1.82) is 0 Å². The Balaban J connectivity index is 2.07. The molecule has 0 amide bonds. The summed E-state index contributed by atoms with van der Waals surface area (Å²) in [5.74, 6) is -1.14. The van der Waals surface area contributed by atoms with Gasteiger partial charge in [0, 0.05) is 31.1 Å². The van der Waals surface area contributed by atoms with Crippen LogP contribution in [0, 0.1) is 11.6 Å². The lowest BCUT2D eigenvalue weighted by molar-refractivity contribution is -0.0282. The molecule has 106 valence electrons. The topological polar surface area (TPSA) is 23.5 Å². The van der Waals surface area contributed by atoms with E-state index < -0.39 is 17.2 Å². The van der Waals surface area contributed by atoms with Crippen LogP contribution in [0.3, 0.4) is 0 Å². The molecule has 0 aliphatic carbocycles. The largest absolute Gasteiger partial charge is 0.389 e. The first-order chi connectivity index (χ1) is 8.91. The number of halogens is 2. The average molecular weight is 269 g/mol. The van der Waals surface area contributed by atoms with Crippen molar-refractivity contribution in [3.05, 3.63) is 35.4 Å². The van der Waals surface area contributed by atoms with Crippen LogP contribution in [0.1, 0.15) is 32.3 Å². The Labute approximate surface area is 113 Å². The van der Waals surface area contributed by atoms with E-state index in [9.17, 15) is 13.9 Å². The van der Waals surface area contributed by atoms with Gasteiger partial charge in [0.1, 0.15) is 11.6 Å². The molecule has 0 bridgehead atoms. The summed E-state index contributed by atoms with van der Waals surface area (Å²) in [6.45, 7) is 5.76. The molecule has 1 aliphatic heterocycles. The predicted octanol–water partition coefficient (Wildman–Crippen LogP) is 2.74. The Morgan fingerprint density at radius 3 is 2.21 bits per heavy atom. The van der Waals surface area contributed by atoms with Gasteiger partial charge in [-0.2, -0.15) is 0 Å². The Morgan fingerprint density at radius 2 is 1.74 bits per heavy atom. The quantitative estimate of drug-likeness (QED) is 0.912. The molecule has 1 aliphatic rings. The van der Waals surface area contributed by atoms with Crippen LogP contribution in [0.4, 0.5) is 8.78 Å². The Hall–Kier alpha value is -1.00. The van der Waals surface area contributed by atoms with E-state index in [2.05, 4.69) is 18.7 Å². The molecular weight excluding hydrogens is 248 g/mol. The lowest BCUT2D eigenvalue weighted by Gasteiger charge is -2.40. The second kappa shape index (κ2) is 5.55. The van der Waals surface area contributed by atoms with E-state index in [0.29, 0.717) is 18.9 Å². The van der Waals surface area contributed by atoms with Crippen molar-refractivity contribution in [3.63, 3.8) is 0 Å². The fraction of sp³-hybridized carbons (Fsp3) is 0.600. The number of nitrogens with zero attached hydrogens (tertiary/aromatic N) is 1. The molecule has 0 unspecified atom stereocenters. The molecule has 1 aromatic carbocycles. The third-order valence-corrected chi connectivity index (χ3v) is 4.03. The molecule has 0 atom stereocenters. The highest BCUT2D eigenvalue weighted by Crippen LogP contribution is 2.29. The van der Waals surface area contributed by atoms with E-state index in [4.69, 9.17) is 0 Å². The first-order valence-corrected chi connectivity index (χ1v) is 6.81. The van der Waals surface area contributed by atoms with Gasteiger partial charge < -0.3 is 10.0 Å². The zero-order valence-electron chi connectivity index (χ0n) is 11.5. The lowest BCUT2D eigenvalue weighted by Crippen LogP contribution is -2.48. The monoisotopic (exact) mass is 269 g/mol. The van der Waals surface area contributed by atoms with Crippen LogP contribution in [-0.4, -0.2) is 34.7 Å². The minimum atomic E-state index is -0.992. The minimum Gasteiger partial charge on any atom is -0.389 e. The van der Waals surface area contributed by atoms with Crippen molar-refractivity contribution in [2.24, 2.45) is 0 Å². The number of hydrogen-bond acceptors (Lipinski definition) is 2. The molecule has 0 aromatic heterocycles. The van der Waals surface area contributed by atoms with Crippen molar-refractivity contribution in [1.82, 2.24) is 4.90 Å². The second-order valence-electron chi connectivity index (χ2n) is 5.73. The van der Waals surface area contributed by atoms with Crippen LogP contribution in [0.15, 0.2) is 18.2 Å². The number of likely N-dealkylation sites (tertiary alicyclic amines) is 1. The molecule has 19 heavy (non-hydrogen) atoms. The van der Waals surface area contributed by atoms with Gasteiger partial charge in [-0.25, -0.2) is 8.78 Å². The van der Waals surface area contributed by atoms with Crippen LogP contribution in [-0.2, 0) is 6.42 Å². The third kappa shape index (κ3) is 3.31. The maximum atomic E-state index is 13.6. The molecular formula is C15H21F2NO. The first kappa shape index (κ1) is 14.4. The summed E-state index contributed by atoms with van der Waals surface area (Å²) in [6, 6.07) is 4.27. The maximum Gasteiger partial charge on any atom is 0.129 e. The smallest absolute Gasteiger partial charge is 0.129 e. The standard InChI is InChI=1S/C15H21F2NO/c1-11(2)18-8-6-15(19,7-9-18)10-12-13(16)4-3-5-14(12)17/h3-5,11,19H,6-10H2,1-2H3. The zero-order valence-corrected chi connectivity index (χ0v) is 11.5. The normalized spacial score (nSPS) is 19.9. The molecule has 4 heteroatoms. The van der Waals surface area contributed by atoms with Crippen LogP contribution in [0.2, 0.25) is 0 Å². The van der Waals surface area contributed by atoms with Crippen molar-refractivity contribution in [3.8, 4) is 0 Å². The van der Waals surface area contributed by atoms with E-state index in [0.717, 1.165) is 13.1 Å². The van der Waals surface area contributed by atoms with Gasteiger partial charge in [-0.1, -0.05) is 6.07 Å². The number of hydrogen-bond donors (Lipinski definition) is 1. The summed E-state index contributed by atoms with van der Waals surface area (Å²) < 4.78 is 27.2. The SMILES string of the molecule is CC(C)N1CCC(O)(Cc2c(F)cccc2F)CC1. The summed E-state index contributed by atoms with van der Waals surface area (Å²) in [6.07, 6.45) is 1.16. The van der Waals surface area contributed by atoms with Gasteiger partial charge in [0.25, 0.3) is 0 Å². The van der Waals surface area contributed by atoms with Gasteiger partial charge in [-0.3, -0.25) is 0 Å². The summed E-state index contributed by atoms with van der Waals surface area (Å²) in [7, 11) is 0. The lowest BCUT2D eigenvalue weighted by atomic mass is 9.84. The highest BCUT2D eigenvalue weighted by atomic mass is 19.1. The van der Waals surface area contributed by atoms with Crippen LogP contribution in [0.25, 0.3) is 0 Å². The van der Waals surface area contributed by atoms with Crippen molar-refractivity contribution in [2.45, 2.75) is 44.8 Å². The van der Waals surface area contributed by atoms with Gasteiger partial charge in [-0.15, -0.1) is 0 Å². The summed E-state index contributed by atoms with van der Waals surface area (Å²) in [4.78, 5) is 2.27. The number of piperidine rings is 1. The van der Waals surface area contributed by atoms with E-state index in [-0.39, 0.29) is 12.0 Å². The van der Waals surface area contributed by atoms with Crippen LogP contribution >= 0.6 is 0 Å². The second-order valence-corrected chi connectivity index (χ2v) is 5.73. The van der Waals surface area contributed by atoms with Gasteiger partial charge in [0.05, 0.1) is 5.60 Å². The fourth-order valence-corrected chi connectivity index (χ4v) is 2.66. The van der Waals surface area contributed by atoms with Crippen molar-refractivity contribution in [2.75, 3.05) is 13.1 Å². The third-order valence-electron chi connectivity index (χ3n) is 4.03. The van der Waals surface area contributed by atoms with E-state index in [1.165, 1.54) is 18.2 Å². The maximum absolute atomic E-state index is 13.6. The molecule has 2 nitrogen and oxygen atoms in total. The first-order valence-electron chi connectivity index (χ1n) is 6.81. The highest BCUT2D eigenvalue weighted by molar-refractivity contribution is 5.22. The fourth-order valence-electron chi connectivity index (χ4n) is 2.66. The van der Waals surface area contributed by atoms with Crippen LogP contribution in [0.5, 0.6) is 0 Å². The molecule has 1 N–H and O–H groups in total. The van der Waals surface area contributed by atoms with Crippen molar-refractivity contribution < 1.29 is 13.9 Å². The van der Waals surface area contributed by atoms with E-state index in [1.807, 2.05) is 0 Å². The molecule has 1 fully saturated rings. The average Bonchev–Trinajstić information content (AvgIpc) is 2.35. The van der Waals surface area contributed by atoms with Gasteiger partial charge in [-0.05, 0) is 38.8 Å². The highest BCUT2D eigenvalue weighted by Gasteiger charge is 2.34. The van der Waals surface area contributed by atoms with Crippen molar-refractivity contribution >= 4 is 0 Å². The molecule has 2 rings (SSSR count). The Morgan fingerprint density at radius 1 is 1.21 bits per heavy atom. The van der Waals surface area contributed by atoms with Gasteiger partial charge in [0.2, 0.25) is 0 Å². The zero-order chi connectivity index (χ0) is 14.0. The molecule has 1 heterocycles. The molecule has 0 radical (unpaired) electrons. The summed E-state index contributed by atoms with van der Waals surface area (Å²) >= 11 is 0. The van der Waals surface area contributed by atoms with Gasteiger partial charge in [0.15, 0.2) is 0 Å². The Kier molecular flexibility index (Phi) is 4.21. The molecule has 0 saturated carbocycles. The molecule has 0 spiro atoms. The summed E-state index contributed by atoms with van der Waals surface area (Å²) in [5, 5.41) is 10.5. The predicted molar refractivity (Wildman–Crippen MR) is 71.0 cm³/mol. The number of aliphatic hydroxyl groups is 1. The Bertz CT molecular complexity index is 420. The van der Waals surface area contributed by atoms with Crippen LogP contribution < -0.4 is 0 Å². The summed E-state index contributed by atoms with van der Waals surface area (Å²) in [5.41, 5.74) is -0.989. The molecule has 1 aromatic rings. The van der Waals surface area contributed by atoms with E-state index >= 15 is 0 Å². The van der Waals surface area contributed by atoms with E-state index in [1.54, 1.807) is 0 Å². The number of rotatable bonds is 3. The molecule has 1 saturated heterocycles. The minimum absolute atomic E-state index is 0.00277.